The molecule has 3 saturated carbocycles. The zero-order valence-corrected chi connectivity index (χ0v) is 11.8. The summed E-state index contributed by atoms with van der Waals surface area (Å²) < 4.78 is 0. The molecule has 0 saturated heterocycles. The summed E-state index contributed by atoms with van der Waals surface area (Å²) in [6.45, 7) is 6.33. The minimum Gasteiger partial charge on any atom is -0.480 e. The van der Waals surface area contributed by atoms with Crippen LogP contribution in [0.1, 0.15) is 33.6 Å². The van der Waals surface area contributed by atoms with E-state index in [1.54, 1.807) is 4.90 Å². The molecule has 2 unspecified atom stereocenters. The van der Waals surface area contributed by atoms with E-state index in [4.69, 9.17) is 10.2 Å². The van der Waals surface area contributed by atoms with E-state index in [9.17, 15) is 9.59 Å². The third-order valence-corrected chi connectivity index (χ3v) is 5.46. The molecule has 0 aliphatic heterocycles. The minimum atomic E-state index is -0.952. The summed E-state index contributed by atoms with van der Waals surface area (Å²) in [7, 11) is 0. The molecule has 0 spiro atoms. The third kappa shape index (κ3) is 2.48. The lowest BCUT2D eigenvalue weighted by molar-refractivity contribution is -0.157. The molecule has 3 aliphatic carbocycles. The monoisotopic (exact) mass is 269 g/mol. The van der Waals surface area contributed by atoms with Crippen molar-refractivity contribution in [2.75, 3.05) is 13.1 Å². The third-order valence-electron chi connectivity index (χ3n) is 5.46. The fourth-order valence-corrected chi connectivity index (χ4v) is 4.24. The number of carboxylic acid groups (broad SMARTS) is 2. The molecule has 19 heavy (non-hydrogen) atoms. The van der Waals surface area contributed by atoms with Gasteiger partial charge < -0.3 is 10.2 Å². The molecule has 0 radical (unpaired) electrons. The van der Waals surface area contributed by atoms with E-state index in [1.807, 2.05) is 0 Å². The van der Waals surface area contributed by atoms with Gasteiger partial charge in [0.15, 0.2) is 0 Å². The van der Waals surface area contributed by atoms with Crippen molar-refractivity contribution in [1.29, 1.82) is 0 Å². The van der Waals surface area contributed by atoms with E-state index in [1.165, 1.54) is 6.42 Å². The first kappa shape index (κ1) is 14.3. The Morgan fingerprint density at radius 2 is 1.68 bits per heavy atom. The predicted molar refractivity (Wildman–Crippen MR) is 69.8 cm³/mol. The highest BCUT2D eigenvalue weighted by molar-refractivity contribution is 5.72. The van der Waals surface area contributed by atoms with Crippen LogP contribution in [0.25, 0.3) is 0 Å². The van der Waals surface area contributed by atoms with Crippen molar-refractivity contribution in [1.82, 2.24) is 4.90 Å². The van der Waals surface area contributed by atoms with Gasteiger partial charge in [-0.1, -0.05) is 20.8 Å². The van der Waals surface area contributed by atoms with Crippen LogP contribution in [-0.2, 0) is 9.59 Å². The lowest BCUT2D eigenvalue weighted by atomic mass is 9.44. The molecule has 0 amide bonds. The van der Waals surface area contributed by atoms with Gasteiger partial charge >= 0.3 is 11.9 Å². The SMILES string of the molecule is C[C@H]1C2CC(C[C@@H]1N(CC(=O)O)CC(=O)O)C2(C)C. The highest BCUT2D eigenvalue weighted by Gasteiger charge is 2.57. The number of carboxylic acids is 2. The number of rotatable bonds is 5. The van der Waals surface area contributed by atoms with E-state index in [0.717, 1.165) is 6.42 Å². The maximum absolute atomic E-state index is 10.9. The Morgan fingerprint density at radius 3 is 2.05 bits per heavy atom. The fourth-order valence-electron chi connectivity index (χ4n) is 4.24. The molecule has 2 N–H and O–H groups in total. The van der Waals surface area contributed by atoms with Crippen molar-refractivity contribution in [3.8, 4) is 0 Å². The van der Waals surface area contributed by atoms with Gasteiger partial charge in [-0.15, -0.1) is 0 Å². The molecule has 5 nitrogen and oxygen atoms in total. The van der Waals surface area contributed by atoms with Gasteiger partial charge in [-0.2, -0.15) is 0 Å². The van der Waals surface area contributed by atoms with Gasteiger partial charge in [-0.05, 0) is 36.0 Å². The van der Waals surface area contributed by atoms with Gasteiger partial charge in [0.05, 0.1) is 13.1 Å². The number of carbonyl (C=O) groups is 2. The minimum absolute atomic E-state index is 0.0870. The average Bonchev–Trinajstić information content (AvgIpc) is 2.26. The Hall–Kier alpha value is -1.10. The zero-order valence-electron chi connectivity index (χ0n) is 11.8. The van der Waals surface area contributed by atoms with Crippen LogP contribution >= 0.6 is 0 Å². The molecule has 2 bridgehead atoms. The van der Waals surface area contributed by atoms with E-state index >= 15 is 0 Å². The molecular weight excluding hydrogens is 246 g/mol. The maximum atomic E-state index is 10.9. The summed E-state index contributed by atoms with van der Waals surface area (Å²) in [5.74, 6) is -0.359. The van der Waals surface area contributed by atoms with Crippen molar-refractivity contribution in [2.24, 2.45) is 23.2 Å². The van der Waals surface area contributed by atoms with Gasteiger partial charge in [0, 0.05) is 6.04 Å². The van der Waals surface area contributed by atoms with E-state index in [0.29, 0.717) is 23.2 Å². The van der Waals surface area contributed by atoms with Crippen LogP contribution in [0.2, 0.25) is 0 Å². The summed E-state index contributed by atoms with van der Waals surface area (Å²) in [4.78, 5) is 23.5. The van der Waals surface area contributed by atoms with E-state index in [2.05, 4.69) is 20.8 Å². The Bertz CT molecular complexity index is 377. The standard InChI is InChI=1S/C14H23NO4/c1-8-10-4-9(14(10,2)3)5-11(8)15(6-12(16)17)7-13(18)19/h8-11H,4-7H2,1-3H3,(H,16,17)(H,18,19)/t8-,9?,10?,11-/m0/s1. The molecule has 0 heterocycles. The summed E-state index contributed by atoms with van der Waals surface area (Å²) in [5.41, 5.74) is 0.327. The van der Waals surface area contributed by atoms with E-state index in [-0.39, 0.29) is 19.1 Å². The Kier molecular flexibility index (Phi) is 3.60. The summed E-state index contributed by atoms with van der Waals surface area (Å²) in [5, 5.41) is 17.9. The van der Waals surface area contributed by atoms with Crippen LogP contribution in [0.5, 0.6) is 0 Å². The maximum Gasteiger partial charge on any atom is 0.317 e. The number of nitrogens with zero attached hydrogens (tertiary/aromatic N) is 1. The van der Waals surface area contributed by atoms with Crippen molar-refractivity contribution in [2.45, 2.75) is 39.7 Å². The first-order valence-corrected chi connectivity index (χ1v) is 6.91. The van der Waals surface area contributed by atoms with Gasteiger partial charge in [-0.25, -0.2) is 0 Å². The summed E-state index contributed by atoms with van der Waals surface area (Å²) in [6, 6.07) is 0.0870. The van der Waals surface area contributed by atoms with E-state index < -0.39 is 11.9 Å². The number of hydrogen-bond donors (Lipinski definition) is 2. The largest absolute Gasteiger partial charge is 0.480 e. The second kappa shape index (κ2) is 4.78. The van der Waals surface area contributed by atoms with Crippen LogP contribution in [0.4, 0.5) is 0 Å². The van der Waals surface area contributed by atoms with Gasteiger partial charge in [-0.3, -0.25) is 14.5 Å². The predicted octanol–water partition coefficient (Wildman–Crippen LogP) is 1.53. The quantitative estimate of drug-likeness (QED) is 0.791. The lowest BCUT2D eigenvalue weighted by Crippen LogP contribution is -2.61. The van der Waals surface area contributed by atoms with Crippen molar-refractivity contribution >= 4 is 11.9 Å². The highest BCUT2D eigenvalue weighted by atomic mass is 16.4. The molecular formula is C14H23NO4. The van der Waals surface area contributed by atoms with Crippen LogP contribution in [0, 0.1) is 23.2 Å². The van der Waals surface area contributed by atoms with Crippen LogP contribution in [-0.4, -0.2) is 46.2 Å². The second-order valence-electron chi connectivity index (χ2n) is 6.72. The molecule has 3 aliphatic rings. The summed E-state index contributed by atoms with van der Waals surface area (Å²) in [6.07, 6.45) is 2.13. The Labute approximate surface area is 113 Å². The van der Waals surface area contributed by atoms with Crippen LogP contribution < -0.4 is 0 Å². The van der Waals surface area contributed by atoms with Gasteiger partial charge in [0.2, 0.25) is 0 Å². The number of hydrogen-bond acceptors (Lipinski definition) is 3. The number of fused-ring (bicyclic) bond motifs is 2. The molecule has 0 aromatic carbocycles. The molecule has 108 valence electrons. The first-order valence-electron chi connectivity index (χ1n) is 6.91. The van der Waals surface area contributed by atoms with Crippen LogP contribution in [0.3, 0.4) is 0 Å². The normalized spacial score (nSPS) is 35.8. The number of aliphatic carboxylic acids is 2. The highest BCUT2D eigenvalue weighted by Crippen LogP contribution is 2.61. The molecule has 3 rings (SSSR count). The average molecular weight is 269 g/mol. The first-order chi connectivity index (χ1) is 8.73. The van der Waals surface area contributed by atoms with Crippen molar-refractivity contribution < 1.29 is 19.8 Å². The Morgan fingerprint density at radius 1 is 1.16 bits per heavy atom. The smallest absolute Gasteiger partial charge is 0.317 e. The van der Waals surface area contributed by atoms with Crippen molar-refractivity contribution in [3.05, 3.63) is 0 Å². The second-order valence-corrected chi connectivity index (χ2v) is 6.72. The molecule has 5 heteroatoms. The van der Waals surface area contributed by atoms with Gasteiger partial charge in [0.1, 0.15) is 0 Å². The van der Waals surface area contributed by atoms with Gasteiger partial charge in [0.25, 0.3) is 0 Å². The zero-order chi connectivity index (χ0) is 14.4. The lowest BCUT2D eigenvalue weighted by Gasteiger charge is -2.63. The van der Waals surface area contributed by atoms with Crippen LogP contribution in [0.15, 0.2) is 0 Å². The Balaban J connectivity index is 2.10. The topological polar surface area (TPSA) is 77.8 Å². The summed E-state index contributed by atoms with van der Waals surface area (Å²) >= 11 is 0. The fraction of sp³-hybridized carbons (Fsp3) is 0.857. The molecule has 3 fully saturated rings. The molecule has 4 atom stereocenters. The van der Waals surface area contributed by atoms with Crippen molar-refractivity contribution in [3.63, 3.8) is 0 Å². The molecule has 0 aromatic heterocycles. The molecule has 0 aromatic rings.